The van der Waals surface area contributed by atoms with E-state index in [9.17, 15) is 129 Å². The summed E-state index contributed by atoms with van der Waals surface area (Å²) >= 11 is 0. The lowest BCUT2D eigenvalue weighted by molar-refractivity contribution is -0.154. The number of cyclic esters (lactones) is 16. The fourth-order valence-corrected chi connectivity index (χ4v) is 14.2. The highest BCUT2D eigenvalue weighted by molar-refractivity contribution is 6.31. The molecule has 10 aromatic rings. The number of esters is 19. The molecule has 46 heteroatoms. The molecule has 8 N–H and O–H groups in total. The lowest BCUT2D eigenvalue weighted by Crippen LogP contribution is -2.23. The number of aliphatic carboxylic acids is 4. The fourth-order valence-electron chi connectivity index (χ4n) is 14.2. The molecule has 46 nitrogen and oxygen atoms in total. The fraction of sp³-hybridized carbons (Fsp3) is 0.182. The average Bonchev–Trinajstić information content (AvgIpc) is 1.62. The molecule has 0 amide bonds. The van der Waals surface area contributed by atoms with Crippen LogP contribution >= 0.6 is 0 Å². The van der Waals surface area contributed by atoms with Crippen LogP contribution in [0.1, 0.15) is 294 Å². The zero-order valence-corrected chi connectivity index (χ0v) is 73.8. The molecule has 0 radical (unpaired) electrons. The van der Waals surface area contributed by atoms with Gasteiger partial charge in [0.2, 0.25) is 0 Å². The number of rotatable bonds is 23. The number of carboxylic acid groups (broad SMARTS) is 8. The molecular weight excluding hydrogens is 1930 g/mol. The standard InChI is InChI=1S/C17H8O5.C15H14O7.C13H10O7.C13H6O5.C12H8O7.C11H8O5.C9H4O5.C8H10O5.CH4/c18-15(19)8-5-6-10-9-3-1-2-4-11(9)13-14(12(10)7-8)17(21)22-16(13)20;16-12(17)4-2-1-3-7-21-13(18)9-5-6-10-11(8-9)15(20)22-14(10)19;1-6(4-10(14)15)19-11(16)7-2-3-8-9(5-7)13(18)20-12(8)17;14-11(15)7-2-1-6-4-9-10(5-8(6)3-7)13(17)18-12(9)16;1-5(9(13)14)18-10(15)6-2-3-7-8(4-6)12(17)19-11(7)16;12-9-5-8(11(15)16-9)6-1-3-7(4-2-6)10(13)14;10-7(11)4-1-2-5-6(3-4)9(13)14-8(5)12;9-6(10)3-1-2-5-4-7(11)13-8(5)12;/h1-7H,(H,18,19);5-6,8H,1-4,7H2,(H,16,17);2-3,5-6H,4H2,1H3,(H,14,15);1-5H,(H,14,15);2-5H,1H3,(H,13,14);1-4,8H,5H2,(H,13,14);1-3H,(H,10,11);5H,1-4H2,(H,9,10);1H4. The molecule has 145 heavy (non-hydrogen) atoms. The lowest BCUT2D eigenvalue weighted by Gasteiger charge is -2.11. The van der Waals surface area contributed by atoms with Crippen LogP contribution in [0.2, 0.25) is 0 Å². The Kier molecular flexibility index (Phi) is 34.5. The van der Waals surface area contributed by atoms with Gasteiger partial charge in [0, 0.05) is 12.8 Å². The van der Waals surface area contributed by atoms with Crippen LogP contribution in [-0.4, -0.2) is 221 Å². The second-order valence-electron chi connectivity index (χ2n) is 31.0. The predicted octanol–water partition coefficient (Wildman–Crippen LogP) is 10.9. The number of benzene rings is 10. The molecule has 2 fully saturated rings. The van der Waals surface area contributed by atoms with Crippen molar-refractivity contribution in [2.45, 2.75) is 104 Å². The van der Waals surface area contributed by atoms with Crippen LogP contribution in [0.4, 0.5) is 0 Å². The SMILES string of the molecule is C.CC(CC(=O)O)OC(=O)c1ccc2c(c1)C(=O)OC2=O.CC(OC(=O)c1ccc2c(c1)C(=O)OC2=O)C(=O)O.O=C(O)CCCC1CC(=O)OC1=O.O=C(O)CCCCCOC(=O)c1ccc2c(c1)C(=O)OC2=O.O=C(O)c1ccc2c(c1)C(=O)OC2=O.O=C(O)c1ccc2c(c1)c1c(c3ccccc32)C(=O)OC1=O.O=C(O)c1ccc2cc3c(cc2c1)C(=O)OC3=O.O=C1CC(c2ccc(C(=O)O)cc2)C(=O)O1. The van der Waals surface area contributed by atoms with Gasteiger partial charge in [0.1, 0.15) is 6.10 Å². The van der Waals surface area contributed by atoms with Crippen LogP contribution in [0.3, 0.4) is 0 Å². The summed E-state index contributed by atoms with van der Waals surface area (Å²) in [5.41, 5.74) is 2.21. The zero-order valence-electron chi connectivity index (χ0n) is 73.8. The molecule has 0 spiro atoms. The molecular formula is C99H72O46. The molecule has 4 atom stereocenters. The van der Waals surface area contributed by atoms with E-state index in [1.807, 2.05) is 12.1 Å². The van der Waals surface area contributed by atoms with E-state index >= 15 is 0 Å². The minimum Gasteiger partial charge on any atom is -0.481 e. The van der Waals surface area contributed by atoms with Crippen LogP contribution < -0.4 is 0 Å². The van der Waals surface area contributed by atoms with Crippen LogP contribution in [-0.2, 0) is 90.5 Å². The highest BCUT2D eigenvalue weighted by Crippen LogP contribution is 2.39. The maximum atomic E-state index is 12.0. The predicted molar refractivity (Wildman–Crippen MR) is 476 cm³/mol. The second kappa shape index (κ2) is 46.6. The van der Waals surface area contributed by atoms with Crippen LogP contribution in [0.15, 0.2) is 170 Å². The van der Waals surface area contributed by atoms with Gasteiger partial charge >= 0.3 is 161 Å². The Labute approximate surface area is 809 Å². The number of unbranched alkanes of at least 4 members (excludes halogenated alkanes) is 2. The van der Waals surface area contributed by atoms with Gasteiger partial charge in [0.05, 0.1) is 143 Å². The molecule has 2 saturated heterocycles. The lowest BCUT2D eigenvalue weighted by atomic mass is 9.92. The number of aromatic carboxylic acids is 4. The molecule has 744 valence electrons. The monoisotopic (exact) mass is 2000 g/mol. The minimum absolute atomic E-state index is 0. The molecule has 10 aromatic carbocycles. The van der Waals surface area contributed by atoms with Crippen LogP contribution in [0.5, 0.6) is 0 Å². The molecule has 0 aromatic heterocycles. The van der Waals surface area contributed by atoms with Gasteiger partial charge in [-0.25, -0.2) is 95.9 Å². The summed E-state index contributed by atoms with van der Waals surface area (Å²) in [4.78, 5) is 300. The summed E-state index contributed by atoms with van der Waals surface area (Å²) in [6.07, 6.45) is 0.345. The Morgan fingerprint density at radius 2 is 0.683 bits per heavy atom. The number of hydrogen-bond acceptors (Lipinski definition) is 38. The summed E-state index contributed by atoms with van der Waals surface area (Å²) in [5, 5.41) is 73.1. The number of carbonyl (C=O) groups excluding carboxylic acids is 19. The first kappa shape index (κ1) is 107. The largest absolute Gasteiger partial charge is 0.481 e. The van der Waals surface area contributed by atoms with Crippen molar-refractivity contribution in [3.63, 3.8) is 0 Å². The van der Waals surface area contributed by atoms with E-state index in [0.717, 1.165) is 17.5 Å². The van der Waals surface area contributed by atoms with Crippen LogP contribution in [0.25, 0.3) is 32.3 Å². The molecule has 18 rings (SSSR count). The van der Waals surface area contributed by atoms with E-state index in [1.165, 1.54) is 135 Å². The van der Waals surface area contributed by atoms with Gasteiger partial charge in [0.25, 0.3) is 0 Å². The summed E-state index contributed by atoms with van der Waals surface area (Å²) in [5.74, 6) is -22.9. The van der Waals surface area contributed by atoms with Gasteiger partial charge in [-0.05, 0) is 205 Å². The summed E-state index contributed by atoms with van der Waals surface area (Å²) in [7, 11) is 0. The Hall–Kier alpha value is -19.7. The maximum Gasteiger partial charge on any atom is 0.347 e. The first-order valence-electron chi connectivity index (χ1n) is 41.9. The maximum absolute atomic E-state index is 12.0. The van der Waals surface area contributed by atoms with Crippen molar-refractivity contribution in [1.82, 2.24) is 0 Å². The number of carbonyl (C=O) groups is 27. The first-order chi connectivity index (χ1) is 68.2. The van der Waals surface area contributed by atoms with E-state index in [4.69, 9.17) is 55.1 Å². The van der Waals surface area contributed by atoms with Crippen molar-refractivity contribution in [3.8, 4) is 0 Å². The number of ether oxygens (including phenoxy) is 11. The Morgan fingerprint density at radius 1 is 0.317 bits per heavy atom. The highest BCUT2D eigenvalue weighted by Gasteiger charge is 2.40. The second-order valence-corrected chi connectivity index (χ2v) is 31.0. The van der Waals surface area contributed by atoms with E-state index < -0.39 is 185 Å². The van der Waals surface area contributed by atoms with Gasteiger partial charge < -0.3 is 93.0 Å². The van der Waals surface area contributed by atoms with Crippen molar-refractivity contribution in [1.29, 1.82) is 0 Å². The minimum atomic E-state index is -1.31. The third-order valence-corrected chi connectivity index (χ3v) is 21.3. The van der Waals surface area contributed by atoms with Gasteiger partial charge in [0.15, 0.2) is 6.10 Å². The molecule has 8 heterocycles. The summed E-state index contributed by atoms with van der Waals surface area (Å²) in [6, 6.07) is 40.2. The van der Waals surface area contributed by atoms with Crippen molar-refractivity contribution in [2.24, 2.45) is 5.92 Å². The van der Waals surface area contributed by atoms with Crippen molar-refractivity contribution in [2.75, 3.05) is 6.61 Å². The van der Waals surface area contributed by atoms with Gasteiger partial charge in [-0.15, -0.1) is 0 Å². The number of hydrogen-bond donors (Lipinski definition) is 8. The number of carboxylic acids is 8. The molecule has 4 unspecified atom stereocenters. The third kappa shape index (κ3) is 26.2. The molecule has 0 bridgehead atoms. The molecule has 0 aliphatic carbocycles. The van der Waals surface area contributed by atoms with Crippen molar-refractivity contribution < 1.29 is 222 Å². The number of fused-ring (bicyclic) bond motifs is 12. The Bertz CT molecular complexity index is 7270. The van der Waals surface area contributed by atoms with Crippen LogP contribution in [0, 0.1) is 5.92 Å². The van der Waals surface area contributed by atoms with Gasteiger partial charge in [-0.1, -0.05) is 56.0 Å². The Balaban J connectivity index is 0.000000171. The zero-order chi connectivity index (χ0) is 105. The van der Waals surface area contributed by atoms with Gasteiger partial charge in [-0.2, -0.15) is 0 Å². The topological polar surface area (TPSA) is 724 Å². The normalized spacial score (nSPS) is 15.0. The highest BCUT2D eigenvalue weighted by atomic mass is 16.6. The molecule has 8 aliphatic rings. The summed E-state index contributed by atoms with van der Waals surface area (Å²) in [6.45, 7) is 2.81. The first-order valence-corrected chi connectivity index (χ1v) is 41.9. The van der Waals surface area contributed by atoms with E-state index in [2.05, 4.69) is 37.9 Å². The average molecular weight is 2000 g/mol. The third-order valence-electron chi connectivity index (χ3n) is 21.3. The van der Waals surface area contributed by atoms with E-state index in [0.29, 0.717) is 64.6 Å². The Morgan fingerprint density at radius 3 is 1.12 bits per heavy atom. The smallest absolute Gasteiger partial charge is 0.347 e. The van der Waals surface area contributed by atoms with E-state index in [-0.39, 0.29) is 152 Å². The quantitative estimate of drug-likeness (QED) is 0.00969. The summed E-state index contributed by atoms with van der Waals surface area (Å²) < 4.78 is 50.0. The molecule has 8 aliphatic heterocycles. The van der Waals surface area contributed by atoms with Crippen molar-refractivity contribution in [3.05, 3.63) is 281 Å². The van der Waals surface area contributed by atoms with Crippen molar-refractivity contribution >= 4 is 193 Å². The van der Waals surface area contributed by atoms with Gasteiger partial charge in [-0.3, -0.25) is 33.6 Å². The molecule has 0 saturated carbocycles. The van der Waals surface area contributed by atoms with E-state index in [1.54, 1.807) is 24.3 Å².